The van der Waals surface area contributed by atoms with Gasteiger partial charge in [-0.05, 0) is 13.8 Å². The average Bonchev–Trinajstić information content (AvgIpc) is 2.90. The van der Waals surface area contributed by atoms with Gasteiger partial charge in [0.2, 0.25) is 5.82 Å². The van der Waals surface area contributed by atoms with Crippen LogP contribution in [0.15, 0.2) is 24.5 Å². The first kappa shape index (κ1) is 14.9. The Labute approximate surface area is 119 Å². The summed E-state index contributed by atoms with van der Waals surface area (Å²) in [5, 5.41) is 17.6. The van der Waals surface area contributed by atoms with E-state index in [9.17, 15) is 18.9 Å². The summed E-state index contributed by atoms with van der Waals surface area (Å²) in [5.74, 6) is -2.08. The summed E-state index contributed by atoms with van der Waals surface area (Å²) in [6.07, 6.45) is 3.41. The van der Waals surface area contributed by atoms with Gasteiger partial charge < -0.3 is 5.32 Å². The first-order valence-corrected chi connectivity index (χ1v) is 6.34. The third-order valence-electron chi connectivity index (χ3n) is 3.08. The second kappa shape index (κ2) is 5.86. The predicted molar refractivity (Wildman–Crippen MR) is 73.0 cm³/mol. The van der Waals surface area contributed by atoms with E-state index in [2.05, 4.69) is 10.4 Å². The van der Waals surface area contributed by atoms with Crippen molar-refractivity contribution < 1.29 is 13.7 Å². The summed E-state index contributed by atoms with van der Waals surface area (Å²) >= 11 is 0. The highest BCUT2D eigenvalue weighted by atomic mass is 19.1. The second-order valence-corrected chi connectivity index (χ2v) is 4.54. The topological polar surface area (TPSA) is 73.0 Å². The van der Waals surface area contributed by atoms with Gasteiger partial charge in [0.25, 0.3) is 0 Å². The summed E-state index contributed by atoms with van der Waals surface area (Å²) in [5.41, 5.74) is -0.0987. The summed E-state index contributed by atoms with van der Waals surface area (Å²) < 4.78 is 28.7. The normalized spacial score (nSPS) is 12.2. The highest BCUT2D eigenvalue weighted by molar-refractivity contribution is 5.54. The van der Waals surface area contributed by atoms with E-state index in [4.69, 9.17) is 0 Å². The number of nitro groups is 1. The molecule has 1 N–H and O–H groups in total. The molecular formula is C13H14F2N4O2. The Balaban J connectivity index is 2.26. The molecule has 112 valence electrons. The molecule has 0 saturated heterocycles. The monoisotopic (exact) mass is 296 g/mol. The Morgan fingerprint density at radius 2 is 2.14 bits per heavy atom. The quantitative estimate of drug-likeness (QED) is 0.679. The van der Waals surface area contributed by atoms with Crippen LogP contribution in [-0.4, -0.2) is 14.7 Å². The van der Waals surface area contributed by atoms with Gasteiger partial charge in [0.15, 0.2) is 0 Å². The van der Waals surface area contributed by atoms with Crippen molar-refractivity contribution >= 4 is 11.4 Å². The van der Waals surface area contributed by atoms with Crippen molar-refractivity contribution in [3.63, 3.8) is 0 Å². The van der Waals surface area contributed by atoms with Crippen LogP contribution < -0.4 is 5.32 Å². The molecule has 0 saturated carbocycles. The predicted octanol–water partition coefficient (Wildman–Crippen LogP) is 3.26. The zero-order valence-electron chi connectivity index (χ0n) is 11.5. The summed E-state index contributed by atoms with van der Waals surface area (Å²) in [4.78, 5) is 9.80. The minimum Gasteiger partial charge on any atom is -0.376 e. The highest BCUT2D eigenvalue weighted by Gasteiger charge is 2.20. The first-order chi connectivity index (χ1) is 9.92. The van der Waals surface area contributed by atoms with E-state index in [1.54, 1.807) is 24.0 Å². The van der Waals surface area contributed by atoms with E-state index in [0.717, 1.165) is 11.6 Å². The molecule has 0 amide bonds. The molecule has 0 aliphatic heterocycles. The smallest absolute Gasteiger partial charge is 0.307 e. The molecule has 1 unspecified atom stereocenters. The van der Waals surface area contributed by atoms with Gasteiger partial charge in [0.1, 0.15) is 5.82 Å². The summed E-state index contributed by atoms with van der Waals surface area (Å²) in [6.45, 7) is 4.38. The number of aryl methyl sites for hydroxylation is 1. The number of rotatable bonds is 5. The van der Waals surface area contributed by atoms with Crippen LogP contribution in [0.2, 0.25) is 0 Å². The molecule has 0 radical (unpaired) electrons. The number of anilines is 1. The maximum Gasteiger partial charge on any atom is 0.307 e. The first-order valence-electron chi connectivity index (χ1n) is 6.34. The molecule has 0 aliphatic rings. The molecule has 0 bridgehead atoms. The molecule has 1 heterocycles. The number of hydrogen-bond donors (Lipinski definition) is 1. The van der Waals surface area contributed by atoms with Crippen LogP contribution in [0.5, 0.6) is 0 Å². The molecule has 2 aromatic rings. The van der Waals surface area contributed by atoms with E-state index < -0.39 is 22.2 Å². The Hall–Kier alpha value is -2.51. The van der Waals surface area contributed by atoms with Crippen LogP contribution in [0, 0.1) is 21.7 Å². The van der Waals surface area contributed by atoms with E-state index in [-0.39, 0.29) is 11.7 Å². The molecule has 0 aliphatic carbocycles. The van der Waals surface area contributed by atoms with Crippen LogP contribution in [-0.2, 0) is 6.54 Å². The van der Waals surface area contributed by atoms with Gasteiger partial charge in [0.05, 0.1) is 22.8 Å². The van der Waals surface area contributed by atoms with Gasteiger partial charge in [0, 0.05) is 30.4 Å². The van der Waals surface area contributed by atoms with Crippen LogP contribution >= 0.6 is 0 Å². The van der Waals surface area contributed by atoms with Gasteiger partial charge in [-0.3, -0.25) is 14.8 Å². The Bertz CT molecular complexity index is 672. The Kier molecular flexibility index (Phi) is 4.15. The maximum absolute atomic E-state index is 13.7. The SMILES string of the molecule is CCn1cc(C(C)Nc2cc([N+](=O)[O-])c(F)cc2F)cn1. The van der Waals surface area contributed by atoms with Crippen LogP contribution in [0.1, 0.15) is 25.5 Å². The highest BCUT2D eigenvalue weighted by Crippen LogP contribution is 2.28. The van der Waals surface area contributed by atoms with Crippen molar-refractivity contribution in [2.24, 2.45) is 0 Å². The van der Waals surface area contributed by atoms with Gasteiger partial charge in [-0.2, -0.15) is 9.49 Å². The minimum absolute atomic E-state index is 0.125. The van der Waals surface area contributed by atoms with Crippen molar-refractivity contribution in [2.45, 2.75) is 26.4 Å². The van der Waals surface area contributed by atoms with Gasteiger partial charge in [-0.25, -0.2) is 4.39 Å². The molecular weight excluding hydrogens is 282 g/mol. The molecule has 6 nitrogen and oxygen atoms in total. The number of aromatic nitrogens is 2. The Morgan fingerprint density at radius 3 is 2.71 bits per heavy atom. The maximum atomic E-state index is 13.7. The van der Waals surface area contributed by atoms with Crippen molar-refractivity contribution in [1.82, 2.24) is 9.78 Å². The van der Waals surface area contributed by atoms with E-state index in [1.165, 1.54) is 0 Å². The summed E-state index contributed by atoms with van der Waals surface area (Å²) in [7, 11) is 0. The zero-order chi connectivity index (χ0) is 15.6. The summed E-state index contributed by atoms with van der Waals surface area (Å²) in [6, 6.07) is 1.03. The van der Waals surface area contributed by atoms with E-state index in [0.29, 0.717) is 12.6 Å². The second-order valence-electron chi connectivity index (χ2n) is 4.54. The molecule has 21 heavy (non-hydrogen) atoms. The minimum atomic E-state index is -1.20. The van der Waals surface area contributed by atoms with E-state index >= 15 is 0 Å². The lowest BCUT2D eigenvalue weighted by atomic mass is 10.1. The number of nitro benzene ring substituents is 1. The lowest BCUT2D eigenvalue weighted by Crippen LogP contribution is -2.08. The standard InChI is InChI=1S/C13H14F2N4O2/c1-3-18-7-9(6-16-18)8(2)17-12-5-13(19(20)21)11(15)4-10(12)14/h4-8,17H,3H2,1-2H3. The number of halogens is 2. The van der Waals surface area contributed by atoms with Crippen molar-refractivity contribution in [3.8, 4) is 0 Å². The van der Waals surface area contributed by atoms with Crippen molar-refractivity contribution in [2.75, 3.05) is 5.32 Å². The van der Waals surface area contributed by atoms with Crippen LogP contribution in [0.4, 0.5) is 20.2 Å². The molecule has 0 spiro atoms. The molecule has 8 heteroatoms. The fourth-order valence-electron chi connectivity index (χ4n) is 1.88. The number of benzene rings is 1. The van der Waals surface area contributed by atoms with Gasteiger partial charge in [-0.15, -0.1) is 0 Å². The molecule has 0 fully saturated rings. The largest absolute Gasteiger partial charge is 0.376 e. The number of nitrogens with zero attached hydrogens (tertiary/aromatic N) is 3. The van der Waals surface area contributed by atoms with Crippen LogP contribution in [0.3, 0.4) is 0 Å². The van der Waals surface area contributed by atoms with Crippen LogP contribution in [0.25, 0.3) is 0 Å². The third kappa shape index (κ3) is 3.15. The lowest BCUT2D eigenvalue weighted by Gasteiger charge is -2.14. The molecule has 1 atom stereocenters. The van der Waals surface area contributed by atoms with Gasteiger partial charge in [-0.1, -0.05) is 0 Å². The molecule has 1 aromatic heterocycles. The zero-order valence-corrected chi connectivity index (χ0v) is 11.5. The molecule has 2 rings (SSSR count). The molecule has 1 aromatic carbocycles. The third-order valence-corrected chi connectivity index (χ3v) is 3.08. The van der Waals surface area contributed by atoms with Crippen molar-refractivity contribution in [1.29, 1.82) is 0 Å². The lowest BCUT2D eigenvalue weighted by molar-refractivity contribution is -0.387. The van der Waals surface area contributed by atoms with Gasteiger partial charge >= 0.3 is 5.69 Å². The van der Waals surface area contributed by atoms with E-state index in [1.807, 2.05) is 6.92 Å². The fraction of sp³-hybridized carbons (Fsp3) is 0.308. The fourth-order valence-corrected chi connectivity index (χ4v) is 1.88. The number of hydrogen-bond acceptors (Lipinski definition) is 4. The van der Waals surface area contributed by atoms with Crippen molar-refractivity contribution in [3.05, 3.63) is 51.8 Å². The average molecular weight is 296 g/mol. The number of nitrogens with one attached hydrogen (secondary N) is 1. The Morgan fingerprint density at radius 1 is 1.43 bits per heavy atom.